The van der Waals surface area contributed by atoms with Crippen molar-refractivity contribution < 1.29 is 14.3 Å². The van der Waals surface area contributed by atoms with Crippen molar-refractivity contribution in [2.45, 2.75) is 32.7 Å². The van der Waals surface area contributed by atoms with E-state index in [0.29, 0.717) is 16.7 Å². The molecule has 0 aliphatic heterocycles. The first-order chi connectivity index (χ1) is 8.41. The predicted octanol–water partition coefficient (Wildman–Crippen LogP) is 2.36. The number of fused-ring (bicyclic) bond motifs is 1. The maximum Gasteiger partial charge on any atom is 0.420 e. The highest BCUT2D eigenvalue weighted by atomic mass is 16.4. The fourth-order valence-electron chi connectivity index (χ4n) is 1.95. The van der Waals surface area contributed by atoms with E-state index in [1.165, 1.54) is 4.57 Å². The Hall–Kier alpha value is -2.04. The number of carboxylic acid groups (broad SMARTS) is 1. The Bertz CT molecular complexity index is 651. The summed E-state index contributed by atoms with van der Waals surface area (Å²) in [5.74, 6) is -1.92. The van der Waals surface area contributed by atoms with Crippen LogP contribution in [0.1, 0.15) is 38.3 Å². The lowest BCUT2D eigenvalue weighted by atomic mass is 10.0. The van der Waals surface area contributed by atoms with Crippen molar-refractivity contribution in [3.63, 3.8) is 0 Å². The molecule has 0 amide bonds. The van der Waals surface area contributed by atoms with Crippen LogP contribution in [0.25, 0.3) is 11.1 Å². The minimum Gasteiger partial charge on any atom is -0.481 e. The number of benzene rings is 1. The second-order valence-corrected chi connectivity index (χ2v) is 4.62. The molecule has 1 aromatic carbocycles. The van der Waals surface area contributed by atoms with Gasteiger partial charge in [0.25, 0.3) is 0 Å². The Kier molecular flexibility index (Phi) is 2.98. The van der Waals surface area contributed by atoms with Crippen molar-refractivity contribution >= 4 is 17.1 Å². The summed E-state index contributed by atoms with van der Waals surface area (Å²) in [5.41, 5.74) is 1.78. The summed E-state index contributed by atoms with van der Waals surface area (Å²) in [6, 6.07) is 4.99. The first-order valence-corrected chi connectivity index (χ1v) is 5.79. The van der Waals surface area contributed by atoms with Gasteiger partial charge in [-0.15, -0.1) is 0 Å². The van der Waals surface area contributed by atoms with E-state index in [-0.39, 0.29) is 6.04 Å². The van der Waals surface area contributed by atoms with Crippen LogP contribution in [0.2, 0.25) is 0 Å². The third kappa shape index (κ3) is 1.92. The van der Waals surface area contributed by atoms with Crippen molar-refractivity contribution in [1.82, 2.24) is 4.57 Å². The average Bonchev–Trinajstić information content (AvgIpc) is 2.62. The standard InChI is InChI=1S/C13H15NO4/c1-7(2)14-10-6-9(8(3)12(15)16)4-5-11(10)18-13(14)17/h4-8H,1-3H3,(H,15,16). The van der Waals surface area contributed by atoms with Crippen LogP contribution in [0.3, 0.4) is 0 Å². The molecule has 5 nitrogen and oxygen atoms in total. The smallest absolute Gasteiger partial charge is 0.420 e. The lowest BCUT2D eigenvalue weighted by Gasteiger charge is -2.09. The quantitative estimate of drug-likeness (QED) is 0.906. The van der Waals surface area contributed by atoms with Gasteiger partial charge in [-0.2, -0.15) is 0 Å². The normalized spacial score (nSPS) is 13.1. The van der Waals surface area contributed by atoms with Gasteiger partial charge in [-0.3, -0.25) is 9.36 Å². The molecule has 1 atom stereocenters. The van der Waals surface area contributed by atoms with Gasteiger partial charge in [-0.1, -0.05) is 6.07 Å². The van der Waals surface area contributed by atoms with Crippen LogP contribution in [-0.2, 0) is 4.79 Å². The Morgan fingerprint density at radius 1 is 1.33 bits per heavy atom. The fraction of sp³-hybridized carbons (Fsp3) is 0.385. The summed E-state index contributed by atoms with van der Waals surface area (Å²) < 4.78 is 6.64. The molecule has 18 heavy (non-hydrogen) atoms. The van der Waals surface area contributed by atoms with Crippen LogP contribution < -0.4 is 5.76 Å². The van der Waals surface area contributed by atoms with Gasteiger partial charge in [-0.25, -0.2) is 4.79 Å². The van der Waals surface area contributed by atoms with E-state index in [1.807, 2.05) is 13.8 Å². The van der Waals surface area contributed by atoms with E-state index in [2.05, 4.69) is 0 Å². The highest BCUT2D eigenvalue weighted by molar-refractivity contribution is 5.80. The number of nitrogens with zero attached hydrogens (tertiary/aromatic N) is 1. The third-order valence-corrected chi connectivity index (χ3v) is 3.02. The maximum atomic E-state index is 11.7. The Balaban J connectivity index is 2.66. The van der Waals surface area contributed by atoms with Crippen molar-refractivity contribution in [2.24, 2.45) is 0 Å². The SMILES string of the molecule is CC(C(=O)O)c1ccc2oc(=O)n(C(C)C)c2c1. The van der Waals surface area contributed by atoms with Crippen molar-refractivity contribution in [1.29, 1.82) is 0 Å². The van der Waals surface area contributed by atoms with Crippen LogP contribution >= 0.6 is 0 Å². The predicted molar refractivity (Wildman–Crippen MR) is 66.9 cm³/mol. The van der Waals surface area contributed by atoms with E-state index in [4.69, 9.17) is 9.52 Å². The monoisotopic (exact) mass is 249 g/mol. The first kappa shape index (κ1) is 12.4. The Morgan fingerprint density at radius 2 is 2.00 bits per heavy atom. The molecule has 2 rings (SSSR count). The molecular weight excluding hydrogens is 234 g/mol. The zero-order chi connectivity index (χ0) is 13.4. The second-order valence-electron chi connectivity index (χ2n) is 4.62. The number of aromatic nitrogens is 1. The van der Waals surface area contributed by atoms with Crippen LogP contribution in [0.4, 0.5) is 0 Å². The van der Waals surface area contributed by atoms with E-state index in [1.54, 1.807) is 25.1 Å². The molecular formula is C13H15NO4. The minimum absolute atomic E-state index is 0.0332. The molecule has 1 aromatic heterocycles. The summed E-state index contributed by atoms with van der Waals surface area (Å²) in [6.07, 6.45) is 0. The topological polar surface area (TPSA) is 72.4 Å². The summed E-state index contributed by atoms with van der Waals surface area (Å²) in [7, 11) is 0. The Morgan fingerprint density at radius 3 is 2.56 bits per heavy atom. The highest BCUT2D eigenvalue weighted by Crippen LogP contribution is 2.23. The van der Waals surface area contributed by atoms with Crippen molar-refractivity contribution in [2.75, 3.05) is 0 Å². The zero-order valence-corrected chi connectivity index (χ0v) is 10.5. The number of carboxylic acids is 1. The summed E-state index contributed by atoms with van der Waals surface area (Å²) in [6.45, 7) is 5.37. The molecule has 1 unspecified atom stereocenters. The second kappa shape index (κ2) is 4.33. The number of hydrogen-bond donors (Lipinski definition) is 1. The van der Waals surface area contributed by atoms with Gasteiger partial charge in [0, 0.05) is 6.04 Å². The summed E-state index contributed by atoms with van der Waals surface area (Å²) >= 11 is 0. The largest absolute Gasteiger partial charge is 0.481 e. The van der Waals surface area contributed by atoms with E-state index in [0.717, 1.165) is 0 Å². The van der Waals surface area contributed by atoms with Gasteiger partial charge in [0.2, 0.25) is 0 Å². The number of carbonyl (C=O) groups is 1. The van der Waals surface area contributed by atoms with E-state index >= 15 is 0 Å². The minimum atomic E-state index is -0.892. The summed E-state index contributed by atoms with van der Waals surface area (Å²) in [5, 5.41) is 9.00. The van der Waals surface area contributed by atoms with Crippen LogP contribution in [0, 0.1) is 0 Å². The van der Waals surface area contributed by atoms with E-state index < -0.39 is 17.6 Å². The first-order valence-electron chi connectivity index (χ1n) is 5.79. The molecule has 0 aliphatic rings. The molecule has 96 valence electrons. The van der Waals surface area contributed by atoms with Gasteiger partial charge in [0.05, 0.1) is 11.4 Å². The van der Waals surface area contributed by atoms with Crippen LogP contribution in [0.5, 0.6) is 0 Å². The van der Waals surface area contributed by atoms with Crippen molar-refractivity contribution in [3.8, 4) is 0 Å². The van der Waals surface area contributed by atoms with E-state index in [9.17, 15) is 9.59 Å². The molecule has 0 saturated heterocycles. The van der Waals surface area contributed by atoms with Gasteiger partial charge in [0.15, 0.2) is 5.58 Å². The molecule has 0 radical (unpaired) electrons. The number of oxazole rings is 1. The molecule has 0 aliphatic carbocycles. The Labute approximate surface area is 104 Å². The summed E-state index contributed by atoms with van der Waals surface area (Å²) in [4.78, 5) is 22.6. The molecule has 5 heteroatoms. The lowest BCUT2D eigenvalue weighted by Crippen LogP contribution is -2.16. The number of rotatable bonds is 3. The van der Waals surface area contributed by atoms with Gasteiger partial charge >= 0.3 is 11.7 Å². The third-order valence-electron chi connectivity index (χ3n) is 3.02. The van der Waals surface area contributed by atoms with Crippen LogP contribution in [-0.4, -0.2) is 15.6 Å². The zero-order valence-electron chi connectivity index (χ0n) is 10.5. The maximum absolute atomic E-state index is 11.7. The molecule has 1 heterocycles. The molecule has 0 fully saturated rings. The van der Waals surface area contributed by atoms with Gasteiger partial charge in [-0.05, 0) is 38.5 Å². The number of aliphatic carboxylic acids is 1. The van der Waals surface area contributed by atoms with Crippen molar-refractivity contribution in [3.05, 3.63) is 34.3 Å². The highest BCUT2D eigenvalue weighted by Gasteiger charge is 2.17. The molecule has 2 aromatic rings. The number of hydrogen-bond acceptors (Lipinski definition) is 3. The van der Waals surface area contributed by atoms with Crippen LogP contribution in [0.15, 0.2) is 27.4 Å². The van der Waals surface area contributed by atoms with Gasteiger partial charge < -0.3 is 9.52 Å². The fourth-order valence-corrected chi connectivity index (χ4v) is 1.95. The molecule has 1 N–H and O–H groups in total. The van der Waals surface area contributed by atoms with Gasteiger partial charge in [0.1, 0.15) is 0 Å². The average molecular weight is 249 g/mol. The molecule has 0 saturated carbocycles. The lowest BCUT2D eigenvalue weighted by molar-refractivity contribution is -0.138. The molecule has 0 spiro atoms. The molecule has 0 bridgehead atoms.